The Balaban J connectivity index is 1.77. The van der Waals surface area contributed by atoms with Crippen molar-refractivity contribution in [3.63, 3.8) is 0 Å². The summed E-state index contributed by atoms with van der Waals surface area (Å²) in [6, 6.07) is 13.5. The molecule has 0 saturated heterocycles. The van der Waals surface area contributed by atoms with Crippen LogP contribution in [0.2, 0.25) is 0 Å². The van der Waals surface area contributed by atoms with E-state index in [1.165, 1.54) is 6.42 Å². The van der Waals surface area contributed by atoms with Crippen LogP contribution in [0.15, 0.2) is 53.5 Å². The van der Waals surface area contributed by atoms with Crippen LogP contribution in [0.5, 0.6) is 0 Å². The summed E-state index contributed by atoms with van der Waals surface area (Å²) in [4.78, 5) is 21.8. The lowest BCUT2D eigenvalue weighted by Crippen LogP contribution is -2.30. The van der Waals surface area contributed by atoms with Gasteiger partial charge in [-0.25, -0.2) is 4.98 Å². The third-order valence-corrected chi connectivity index (χ3v) is 5.22. The lowest BCUT2D eigenvalue weighted by Gasteiger charge is -2.33. The first-order valence-corrected chi connectivity index (χ1v) is 9.30. The highest BCUT2D eigenvalue weighted by Gasteiger charge is 2.27. The molecule has 1 aliphatic carbocycles. The summed E-state index contributed by atoms with van der Waals surface area (Å²) in [5.41, 5.74) is 1.67. The normalized spacial score (nSPS) is 23.1. The van der Waals surface area contributed by atoms with Crippen LogP contribution >= 0.6 is 0 Å². The predicted octanol–water partition coefficient (Wildman–Crippen LogP) is 4.53. The van der Waals surface area contributed by atoms with E-state index in [1.807, 2.05) is 41.0 Å². The minimum Gasteiger partial charge on any atom is -0.324 e. The minimum atomic E-state index is 0.0214. The molecule has 0 amide bonds. The van der Waals surface area contributed by atoms with Crippen molar-refractivity contribution < 1.29 is 0 Å². The quantitative estimate of drug-likeness (QED) is 0.755. The molecular weight excluding hydrogens is 324 g/mol. The van der Waals surface area contributed by atoms with Crippen molar-refractivity contribution >= 4 is 22.7 Å². The number of hydrogen-bond donors (Lipinski definition) is 1. The van der Waals surface area contributed by atoms with Crippen molar-refractivity contribution in [3.8, 4) is 0 Å². The number of nitrogens with zero attached hydrogens (tertiary/aromatic N) is 3. The fourth-order valence-electron chi connectivity index (χ4n) is 4.22. The average Bonchev–Trinajstić information content (AvgIpc) is 2.61. The number of pyridine rings is 1. The van der Waals surface area contributed by atoms with Gasteiger partial charge in [-0.1, -0.05) is 32.0 Å². The van der Waals surface area contributed by atoms with Gasteiger partial charge in [-0.05, 0) is 49.3 Å². The van der Waals surface area contributed by atoms with Gasteiger partial charge in [0.05, 0.1) is 0 Å². The smallest absolute Gasteiger partial charge is 0.252 e. The van der Waals surface area contributed by atoms with Crippen molar-refractivity contribution in [1.29, 1.82) is 0 Å². The summed E-state index contributed by atoms with van der Waals surface area (Å²) in [6.45, 7) is 4.55. The molecule has 0 radical (unpaired) electrons. The second kappa shape index (κ2) is 6.90. The first-order chi connectivity index (χ1) is 12.6. The summed E-state index contributed by atoms with van der Waals surface area (Å²) in [5.74, 6) is 1.75. The molecule has 0 aliphatic heterocycles. The van der Waals surface area contributed by atoms with E-state index in [-0.39, 0.29) is 11.6 Å². The molecule has 4 rings (SSSR count). The maximum Gasteiger partial charge on any atom is 0.252 e. The molecule has 2 atom stereocenters. The summed E-state index contributed by atoms with van der Waals surface area (Å²) >= 11 is 0. The third kappa shape index (κ3) is 3.34. The molecule has 0 spiro atoms. The second-order valence-corrected chi connectivity index (χ2v) is 7.58. The van der Waals surface area contributed by atoms with Crippen LogP contribution in [-0.4, -0.2) is 14.5 Å². The number of rotatable bonds is 3. The van der Waals surface area contributed by atoms with E-state index in [2.05, 4.69) is 24.1 Å². The Morgan fingerprint density at radius 1 is 1.00 bits per heavy atom. The molecular formula is C21H24N4O. The first-order valence-electron chi connectivity index (χ1n) is 9.30. The highest BCUT2D eigenvalue weighted by atomic mass is 16.1. The van der Waals surface area contributed by atoms with E-state index < -0.39 is 0 Å². The standard InChI is InChI=1S/C21H24N4O/c1-14-10-15(2)12-18(11-14)25-19(26)9-8-16-13-22-21(24-20(16)25)23-17-6-4-3-5-7-17/h3-9,13-15,18H,10-12H2,1-2H3,(H,22,23,24). The molecule has 2 unspecified atom stereocenters. The largest absolute Gasteiger partial charge is 0.324 e. The topological polar surface area (TPSA) is 59.8 Å². The molecule has 1 aliphatic rings. The average molecular weight is 348 g/mol. The van der Waals surface area contributed by atoms with E-state index in [9.17, 15) is 4.79 Å². The lowest BCUT2D eigenvalue weighted by atomic mass is 9.80. The van der Waals surface area contributed by atoms with Crippen molar-refractivity contribution in [2.24, 2.45) is 11.8 Å². The number of hydrogen-bond acceptors (Lipinski definition) is 4. The Morgan fingerprint density at radius 3 is 2.46 bits per heavy atom. The van der Waals surface area contributed by atoms with E-state index >= 15 is 0 Å². The van der Waals surface area contributed by atoms with Crippen LogP contribution in [0.3, 0.4) is 0 Å². The van der Waals surface area contributed by atoms with Gasteiger partial charge in [-0.15, -0.1) is 0 Å². The van der Waals surface area contributed by atoms with Crippen LogP contribution < -0.4 is 10.9 Å². The Kier molecular flexibility index (Phi) is 4.45. The highest BCUT2D eigenvalue weighted by Crippen LogP contribution is 2.36. The maximum atomic E-state index is 12.7. The molecule has 5 nitrogen and oxygen atoms in total. The predicted molar refractivity (Wildman–Crippen MR) is 105 cm³/mol. The number of anilines is 2. The van der Waals surface area contributed by atoms with E-state index in [1.54, 1.807) is 12.3 Å². The molecule has 26 heavy (non-hydrogen) atoms. The van der Waals surface area contributed by atoms with E-state index in [0.29, 0.717) is 17.8 Å². The summed E-state index contributed by atoms with van der Waals surface area (Å²) in [6.07, 6.45) is 5.06. The van der Waals surface area contributed by atoms with Crippen LogP contribution in [0.4, 0.5) is 11.6 Å². The Morgan fingerprint density at radius 2 is 1.73 bits per heavy atom. The van der Waals surface area contributed by atoms with Gasteiger partial charge in [-0.2, -0.15) is 4.98 Å². The van der Waals surface area contributed by atoms with E-state index in [4.69, 9.17) is 4.98 Å². The molecule has 1 aromatic carbocycles. The van der Waals surface area contributed by atoms with Gasteiger partial charge in [-0.3, -0.25) is 9.36 Å². The van der Waals surface area contributed by atoms with Gasteiger partial charge in [0.15, 0.2) is 0 Å². The molecule has 134 valence electrons. The number of benzene rings is 1. The third-order valence-electron chi connectivity index (χ3n) is 5.22. The fourth-order valence-corrected chi connectivity index (χ4v) is 4.22. The van der Waals surface area contributed by atoms with Gasteiger partial charge in [0.25, 0.3) is 5.56 Å². The minimum absolute atomic E-state index is 0.0214. The zero-order valence-corrected chi connectivity index (χ0v) is 15.2. The lowest BCUT2D eigenvalue weighted by molar-refractivity contribution is 0.221. The number of para-hydroxylation sites is 1. The van der Waals surface area contributed by atoms with Gasteiger partial charge >= 0.3 is 0 Å². The van der Waals surface area contributed by atoms with E-state index in [0.717, 1.165) is 29.6 Å². The molecule has 2 heterocycles. The zero-order chi connectivity index (χ0) is 18.1. The number of nitrogens with one attached hydrogen (secondary N) is 1. The number of fused-ring (bicyclic) bond motifs is 1. The Bertz CT molecular complexity index is 957. The Hall–Kier alpha value is -2.69. The molecule has 5 heteroatoms. The molecule has 1 fully saturated rings. The highest BCUT2D eigenvalue weighted by molar-refractivity contribution is 5.75. The summed E-state index contributed by atoms with van der Waals surface area (Å²) in [5, 5.41) is 4.12. The van der Waals surface area contributed by atoms with Gasteiger partial charge in [0, 0.05) is 29.4 Å². The van der Waals surface area contributed by atoms with Crippen molar-refractivity contribution in [1.82, 2.24) is 14.5 Å². The second-order valence-electron chi connectivity index (χ2n) is 7.58. The SMILES string of the molecule is CC1CC(C)CC(n2c(=O)ccc3cnc(Nc4ccccc4)nc32)C1. The zero-order valence-electron chi connectivity index (χ0n) is 15.2. The van der Waals surface area contributed by atoms with Crippen LogP contribution in [0.1, 0.15) is 39.2 Å². The molecule has 3 aromatic rings. The summed E-state index contributed by atoms with van der Waals surface area (Å²) in [7, 11) is 0. The molecule has 2 aromatic heterocycles. The summed E-state index contributed by atoms with van der Waals surface area (Å²) < 4.78 is 1.89. The van der Waals surface area contributed by atoms with Gasteiger partial charge < -0.3 is 5.32 Å². The van der Waals surface area contributed by atoms with Crippen LogP contribution in [0, 0.1) is 11.8 Å². The Labute approximate surface area is 153 Å². The van der Waals surface area contributed by atoms with Crippen molar-refractivity contribution in [3.05, 3.63) is 59.0 Å². The molecule has 0 bridgehead atoms. The fraction of sp³-hybridized carbons (Fsp3) is 0.381. The first kappa shape index (κ1) is 16.8. The number of aromatic nitrogens is 3. The van der Waals surface area contributed by atoms with Crippen LogP contribution in [0.25, 0.3) is 11.0 Å². The molecule has 1 N–H and O–H groups in total. The van der Waals surface area contributed by atoms with Crippen molar-refractivity contribution in [2.45, 2.75) is 39.2 Å². The molecule has 1 saturated carbocycles. The van der Waals surface area contributed by atoms with Crippen LogP contribution in [-0.2, 0) is 0 Å². The maximum absolute atomic E-state index is 12.7. The van der Waals surface area contributed by atoms with Gasteiger partial charge in [0.2, 0.25) is 5.95 Å². The van der Waals surface area contributed by atoms with Crippen molar-refractivity contribution in [2.75, 3.05) is 5.32 Å². The van der Waals surface area contributed by atoms with Gasteiger partial charge in [0.1, 0.15) is 5.65 Å². The monoisotopic (exact) mass is 348 g/mol.